The largest absolute Gasteiger partial charge is 0.496 e. The third kappa shape index (κ3) is 4.16. The molecule has 0 heterocycles. The van der Waals surface area contributed by atoms with Crippen molar-refractivity contribution in [3.63, 3.8) is 0 Å². The monoisotopic (exact) mass is 372 g/mol. The molecule has 0 aliphatic heterocycles. The summed E-state index contributed by atoms with van der Waals surface area (Å²) in [4.78, 5) is 0. The van der Waals surface area contributed by atoms with Gasteiger partial charge in [-0.2, -0.15) is 0 Å². The van der Waals surface area contributed by atoms with Gasteiger partial charge < -0.3 is 4.74 Å². The van der Waals surface area contributed by atoms with Crippen LogP contribution in [0.15, 0.2) is 22.7 Å². The van der Waals surface area contributed by atoms with Crippen LogP contribution in [0.25, 0.3) is 0 Å². The Labute approximate surface area is 142 Å². The van der Waals surface area contributed by atoms with E-state index < -0.39 is 0 Å². The highest BCUT2D eigenvalue weighted by atomic mass is 79.9. The highest BCUT2D eigenvalue weighted by Gasteiger charge is 2.32. The van der Waals surface area contributed by atoms with E-state index in [2.05, 4.69) is 48.8 Å². The summed E-state index contributed by atoms with van der Waals surface area (Å²) in [6, 6.07) is 6.19. The molecule has 0 radical (unpaired) electrons. The van der Waals surface area contributed by atoms with Crippen LogP contribution in [0.2, 0.25) is 0 Å². The molecule has 1 atom stereocenters. The van der Waals surface area contributed by atoms with Crippen LogP contribution in [-0.4, -0.2) is 7.11 Å². The molecule has 1 aliphatic rings. The van der Waals surface area contributed by atoms with E-state index in [1.165, 1.54) is 31.2 Å². The fourth-order valence-electron chi connectivity index (χ4n) is 3.40. The van der Waals surface area contributed by atoms with Crippen molar-refractivity contribution in [3.05, 3.63) is 28.2 Å². The van der Waals surface area contributed by atoms with Gasteiger partial charge in [0.1, 0.15) is 5.75 Å². The first-order chi connectivity index (χ1) is 9.82. The zero-order chi connectivity index (χ0) is 15.6. The Hall–Kier alpha value is -0.210. The molecule has 0 amide bonds. The average Bonchev–Trinajstić information content (AvgIpc) is 2.45. The number of ether oxygens (including phenoxy) is 1. The summed E-state index contributed by atoms with van der Waals surface area (Å²) < 4.78 is 6.27. The van der Waals surface area contributed by atoms with Crippen molar-refractivity contribution < 1.29 is 4.74 Å². The highest BCUT2D eigenvalue weighted by Crippen LogP contribution is 2.46. The van der Waals surface area contributed by atoms with Gasteiger partial charge in [-0.25, -0.2) is 0 Å². The Morgan fingerprint density at radius 1 is 1.19 bits per heavy atom. The van der Waals surface area contributed by atoms with Gasteiger partial charge in [-0.15, -0.1) is 11.6 Å². The predicted octanol–water partition coefficient (Wildman–Crippen LogP) is 6.59. The Morgan fingerprint density at radius 2 is 1.81 bits per heavy atom. The summed E-state index contributed by atoms with van der Waals surface area (Å²) >= 11 is 10.3. The summed E-state index contributed by atoms with van der Waals surface area (Å²) in [5.74, 6) is 2.28. The Kier molecular flexibility index (Phi) is 5.65. The van der Waals surface area contributed by atoms with Crippen LogP contribution < -0.4 is 4.74 Å². The quantitative estimate of drug-likeness (QED) is 0.543. The van der Waals surface area contributed by atoms with Crippen molar-refractivity contribution in [3.8, 4) is 5.75 Å². The SMILES string of the molecule is COc1ccc(C(Cl)C2CCC(C(C)(C)C)CC2)cc1Br. The van der Waals surface area contributed by atoms with Crippen molar-refractivity contribution in [2.45, 2.75) is 51.8 Å². The first-order valence-electron chi connectivity index (χ1n) is 7.80. The van der Waals surface area contributed by atoms with Crippen molar-refractivity contribution in [2.75, 3.05) is 7.11 Å². The molecule has 3 heteroatoms. The van der Waals surface area contributed by atoms with Gasteiger partial charge in [0.25, 0.3) is 0 Å². The maximum absolute atomic E-state index is 6.75. The third-order valence-electron chi connectivity index (χ3n) is 4.90. The first-order valence-corrected chi connectivity index (χ1v) is 9.03. The Balaban J connectivity index is 2.02. The number of hydrogen-bond donors (Lipinski definition) is 0. The summed E-state index contributed by atoms with van der Waals surface area (Å²) in [5.41, 5.74) is 1.62. The normalized spacial score (nSPS) is 24.7. The lowest BCUT2D eigenvalue weighted by Crippen LogP contribution is -2.27. The standard InChI is InChI=1S/C18H26BrClO/c1-18(2,3)14-8-5-12(6-9-14)17(20)13-7-10-16(21-4)15(19)11-13/h7,10-12,14,17H,5-6,8-9H2,1-4H3. The van der Waals surface area contributed by atoms with Gasteiger partial charge >= 0.3 is 0 Å². The molecule has 0 bridgehead atoms. The van der Waals surface area contributed by atoms with Crippen LogP contribution in [0.3, 0.4) is 0 Å². The van der Waals surface area contributed by atoms with Crippen LogP contribution in [0.4, 0.5) is 0 Å². The predicted molar refractivity (Wildman–Crippen MR) is 94.2 cm³/mol. The van der Waals surface area contributed by atoms with Gasteiger partial charge in [0.05, 0.1) is 17.0 Å². The zero-order valence-electron chi connectivity index (χ0n) is 13.5. The van der Waals surface area contributed by atoms with E-state index in [9.17, 15) is 0 Å². The lowest BCUT2D eigenvalue weighted by atomic mass is 9.69. The maximum atomic E-state index is 6.75. The van der Waals surface area contributed by atoms with E-state index in [0.717, 1.165) is 16.1 Å². The van der Waals surface area contributed by atoms with Crippen LogP contribution in [0.5, 0.6) is 5.75 Å². The van der Waals surface area contributed by atoms with E-state index in [1.807, 2.05) is 6.07 Å². The molecule has 1 aromatic rings. The smallest absolute Gasteiger partial charge is 0.133 e. The van der Waals surface area contributed by atoms with Gasteiger partial charge in [0.15, 0.2) is 0 Å². The molecule has 1 aromatic carbocycles. The molecule has 0 N–H and O–H groups in total. The molecule has 0 spiro atoms. The van der Waals surface area contributed by atoms with Gasteiger partial charge in [-0.05, 0) is 76.6 Å². The number of methoxy groups -OCH3 is 1. The van der Waals surface area contributed by atoms with E-state index in [-0.39, 0.29) is 5.38 Å². The molecular formula is C18H26BrClO. The molecule has 0 saturated heterocycles. The molecule has 1 fully saturated rings. The van der Waals surface area contributed by atoms with Crippen LogP contribution >= 0.6 is 27.5 Å². The van der Waals surface area contributed by atoms with E-state index >= 15 is 0 Å². The number of hydrogen-bond acceptors (Lipinski definition) is 1. The molecule has 1 nitrogen and oxygen atoms in total. The van der Waals surface area contributed by atoms with Gasteiger partial charge in [-0.1, -0.05) is 26.8 Å². The fourth-order valence-corrected chi connectivity index (χ4v) is 4.35. The number of benzene rings is 1. The minimum atomic E-state index is 0.105. The first kappa shape index (κ1) is 17.1. The Morgan fingerprint density at radius 3 is 2.29 bits per heavy atom. The molecule has 1 aliphatic carbocycles. The molecule has 1 saturated carbocycles. The summed E-state index contributed by atoms with van der Waals surface area (Å²) in [6.45, 7) is 7.07. The third-order valence-corrected chi connectivity index (χ3v) is 6.13. The maximum Gasteiger partial charge on any atom is 0.133 e. The van der Waals surface area contributed by atoms with Crippen LogP contribution in [-0.2, 0) is 0 Å². The van der Waals surface area contributed by atoms with E-state index in [4.69, 9.17) is 16.3 Å². The molecule has 2 rings (SSSR count). The molecule has 1 unspecified atom stereocenters. The Bertz CT molecular complexity index is 473. The van der Waals surface area contributed by atoms with Crippen molar-refractivity contribution in [1.29, 1.82) is 0 Å². The minimum absolute atomic E-state index is 0.105. The minimum Gasteiger partial charge on any atom is -0.496 e. The highest BCUT2D eigenvalue weighted by molar-refractivity contribution is 9.10. The molecule has 118 valence electrons. The zero-order valence-corrected chi connectivity index (χ0v) is 15.8. The van der Waals surface area contributed by atoms with Gasteiger partial charge in [-0.3, -0.25) is 0 Å². The van der Waals surface area contributed by atoms with Crippen molar-refractivity contribution >= 4 is 27.5 Å². The van der Waals surface area contributed by atoms with E-state index in [0.29, 0.717) is 11.3 Å². The van der Waals surface area contributed by atoms with Crippen molar-refractivity contribution in [1.82, 2.24) is 0 Å². The summed E-state index contributed by atoms with van der Waals surface area (Å²) in [5, 5.41) is 0.105. The summed E-state index contributed by atoms with van der Waals surface area (Å²) in [7, 11) is 1.69. The number of rotatable bonds is 3. The fraction of sp³-hybridized carbons (Fsp3) is 0.667. The topological polar surface area (TPSA) is 9.23 Å². The second kappa shape index (κ2) is 6.91. The molecule has 0 aromatic heterocycles. The lowest BCUT2D eigenvalue weighted by Gasteiger charge is -2.38. The summed E-state index contributed by atoms with van der Waals surface area (Å²) in [6.07, 6.45) is 5.07. The second-order valence-electron chi connectivity index (χ2n) is 7.27. The van der Waals surface area contributed by atoms with Crippen LogP contribution in [0, 0.1) is 17.3 Å². The molecule has 21 heavy (non-hydrogen) atoms. The van der Waals surface area contributed by atoms with Gasteiger partial charge in [0.2, 0.25) is 0 Å². The van der Waals surface area contributed by atoms with Crippen molar-refractivity contribution in [2.24, 2.45) is 17.3 Å². The molecular weight excluding hydrogens is 348 g/mol. The second-order valence-corrected chi connectivity index (χ2v) is 8.60. The van der Waals surface area contributed by atoms with Crippen LogP contribution in [0.1, 0.15) is 57.4 Å². The average molecular weight is 374 g/mol. The lowest BCUT2D eigenvalue weighted by molar-refractivity contribution is 0.148. The number of alkyl halides is 1. The number of halogens is 2. The van der Waals surface area contributed by atoms with E-state index in [1.54, 1.807) is 7.11 Å². The van der Waals surface area contributed by atoms with Gasteiger partial charge in [0, 0.05) is 0 Å².